The minimum atomic E-state index is -1.94. The smallest absolute Gasteiger partial charge is 0.420 e. The first-order valence-electron chi connectivity index (χ1n) is 7.71. The first-order valence-corrected chi connectivity index (χ1v) is 9.15. The summed E-state index contributed by atoms with van der Waals surface area (Å²) in [6, 6.07) is 5.11. The van der Waals surface area contributed by atoms with Crippen molar-refractivity contribution in [2.75, 3.05) is 20.4 Å². The topological polar surface area (TPSA) is 52.6 Å². The van der Waals surface area contributed by atoms with Crippen molar-refractivity contribution < 1.29 is 18.8 Å². The maximum absolute atomic E-state index is 12.4. The number of methoxy groups -OCH3 is 2. The highest BCUT2D eigenvalue weighted by Gasteiger charge is 2.34. The molecule has 0 aliphatic rings. The van der Waals surface area contributed by atoms with E-state index in [1.807, 2.05) is 0 Å². The Balaban J connectivity index is 2.65. The Morgan fingerprint density at radius 3 is 2.18 bits per heavy atom. The highest BCUT2D eigenvalue weighted by atomic mass is 31.1. The summed E-state index contributed by atoms with van der Waals surface area (Å²) < 4.78 is 22.7. The molecule has 0 spiro atoms. The number of rotatable bonds is 10. The van der Waals surface area contributed by atoms with E-state index in [4.69, 9.17) is 9.47 Å². The molecule has 1 aromatic carbocycles. The van der Waals surface area contributed by atoms with Gasteiger partial charge in [-0.3, -0.25) is 0 Å². The fourth-order valence-corrected chi connectivity index (χ4v) is 3.46. The molecule has 1 unspecified atom stereocenters. The lowest BCUT2D eigenvalue weighted by Crippen LogP contribution is -2.03. The number of unbranched alkanes of at least 4 members (excludes halogenated alkanes) is 2. The van der Waals surface area contributed by atoms with Gasteiger partial charge in [0.25, 0.3) is 0 Å². The van der Waals surface area contributed by atoms with E-state index >= 15 is 0 Å². The van der Waals surface area contributed by atoms with Crippen LogP contribution in [0.3, 0.4) is 0 Å². The molecule has 0 bridgehead atoms. The van der Waals surface area contributed by atoms with Crippen LogP contribution in [-0.2, 0) is 4.57 Å². The molecule has 0 saturated heterocycles. The molecule has 0 N–H and O–H groups in total. The van der Waals surface area contributed by atoms with Gasteiger partial charge in [-0.15, -0.1) is 0 Å². The van der Waals surface area contributed by atoms with Crippen LogP contribution >= 0.6 is 7.80 Å². The maximum atomic E-state index is 12.4. The molecule has 0 aromatic heterocycles. The number of carbonyl (C=O) groups excluding carboxylic acids is 1. The zero-order valence-corrected chi connectivity index (χ0v) is 14.8. The molecule has 0 saturated carbocycles. The van der Waals surface area contributed by atoms with Crippen molar-refractivity contribution in [3.05, 3.63) is 23.8 Å². The van der Waals surface area contributed by atoms with Crippen LogP contribution in [0.1, 0.15) is 49.9 Å². The van der Waals surface area contributed by atoms with Crippen molar-refractivity contribution in [2.24, 2.45) is 5.92 Å². The Kier molecular flexibility index (Phi) is 8.11. The summed E-state index contributed by atoms with van der Waals surface area (Å²) in [6.45, 7) is 4.38. The Bertz CT molecular complexity index is 489. The Morgan fingerprint density at radius 1 is 1.09 bits per heavy atom. The molecule has 5 heteroatoms. The largest absolute Gasteiger partial charge is 0.496 e. The molecule has 0 amide bonds. The molecule has 0 fully saturated rings. The average Bonchev–Trinajstić information content (AvgIpc) is 2.52. The number of hydrogen-bond donors (Lipinski definition) is 0. The number of benzene rings is 1. The monoisotopic (exact) mass is 325 g/mol. The van der Waals surface area contributed by atoms with Crippen LogP contribution in [-0.4, -0.2) is 25.9 Å². The average molecular weight is 325 g/mol. The van der Waals surface area contributed by atoms with E-state index in [0.29, 0.717) is 23.6 Å². The lowest BCUT2D eigenvalue weighted by molar-refractivity contribution is 0.107. The Morgan fingerprint density at radius 2 is 1.68 bits per heavy atom. The van der Waals surface area contributed by atoms with Crippen LogP contribution in [0.2, 0.25) is 0 Å². The third kappa shape index (κ3) is 5.42. The lowest BCUT2D eigenvalue weighted by Gasteiger charge is -2.08. The first kappa shape index (κ1) is 18.6. The van der Waals surface area contributed by atoms with Gasteiger partial charge in [-0.25, -0.2) is 4.79 Å². The predicted octanol–water partition coefficient (Wildman–Crippen LogP) is 4.89. The lowest BCUT2D eigenvalue weighted by atomic mass is 10.1. The summed E-state index contributed by atoms with van der Waals surface area (Å²) in [5.41, 5.74) is -0.0936. The number of carbonyl (C=O) groups is 1. The minimum absolute atomic E-state index is 0.288. The van der Waals surface area contributed by atoms with Crippen molar-refractivity contribution >= 4 is 13.3 Å². The number of ether oxygens (including phenoxy) is 2. The van der Waals surface area contributed by atoms with Gasteiger partial charge in [0.1, 0.15) is 11.5 Å². The van der Waals surface area contributed by atoms with Crippen LogP contribution in [0.25, 0.3) is 0 Å². The van der Waals surface area contributed by atoms with Gasteiger partial charge in [0.15, 0.2) is 11.7 Å². The zero-order chi connectivity index (χ0) is 16.5. The summed E-state index contributed by atoms with van der Waals surface area (Å²) in [5.74, 6) is 1.51. The van der Waals surface area contributed by atoms with Gasteiger partial charge in [0.2, 0.25) is 0 Å². The van der Waals surface area contributed by atoms with Crippen molar-refractivity contribution in [3.8, 4) is 11.5 Å². The molecular weight excluding hydrogens is 299 g/mol. The van der Waals surface area contributed by atoms with Gasteiger partial charge in [-0.2, -0.15) is 0 Å². The normalized spacial score (nSPS) is 11.4. The first-order chi connectivity index (χ1) is 10.5. The van der Waals surface area contributed by atoms with Crippen LogP contribution in [0.5, 0.6) is 11.5 Å². The SMILES string of the molecule is COc1cccc(OC)c1C(=O)[P+](=O)CCCCCC(C)C. The molecule has 0 aliphatic carbocycles. The highest BCUT2D eigenvalue weighted by Crippen LogP contribution is 2.37. The van der Waals surface area contributed by atoms with Gasteiger partial charge < -0.3 is 9.47 Å². The molecular formula is C17H26O4P+. The van der Waals surface area contributed by atoms with Crippen molar-refractivity contribution in [1.29, 1.82) is 0 Å². The second-order valence-electron chi connectivity index (χ2n) is 5.69. The van der Waals surface area contributed by atoms with Gasteiger partial charge in [0, 0.05) is 0 Å². The van der Waals surface area contributed by atoms with Crippen LogP contribution in [0.4, 0.5) is 0 Å². The fourth-order valence-electron chi connectivity index (χ4n) is 2.27. The maximum Gasteiger partial charge on any atom is 0.420 e. The van der Waals surface area contributed by atoms with Crippen molar-refractivity contribution in [3.63, 3.8) is 0 Å². The number of hydrogen-bond acceptors (Lipinski definition) is 4. The standard InChI is InChI=1S/C17H26O4P/c1-13(2)9-6-5-7-12-22(19)17(18)16-14(20-3)10-8-11-15(16)21-4/h8,10-11,13H,5-7,9,12H2,1-4H3/q+1. The third-order valence-corrected chi connectivity index (χ3v) is 4.91. The summed E-state index contributed by atoms with van der Waals surface area (Å²) in [6.07, 6.45) is 4.53. The molecule has 122 valence electrons. The van der Waals surface area contributed by atoms with Gasteiger partial charge in [0.05, 0.1) is 14.2 Å². The summed E-state index contributed by atoms with van der Waals surface area (Å²) in [5, 5.41) is 0. The molecule has 0 aliphatic heterocycles. The zero-order valence-electron chi connectivity index (χ0n) is 13.9. The van der Waals surface area contributed by atoms with Crippen molar-refractivity contribution in [2.45, 2.75) is 39.5 Å². The van der Waals surface area contributed by atoms with Crippen LogP contribution in [0, 0.1) is 5.92 Å². The molecule has 0 radical (unpaired) electrons. The van der Waals surface area contributed by atoms with E-state index in [0.717, 1.165) is 19.3 Å². The second kappa shape index (κ2) is 9.58. The molecule has 4 nitrogen and oxygen atoms in total. The van der Waals surface area contributed by atoms with Gasteiger partial charge >= 0.3 is 13.3 Å². The third-order valence-electron chi connectivity index (χ3n) is 3.51. The quantitative estimate of drug-likeness (QED) is 0.454. The Labute approximate surface area is 134 Å². The Hall–Kier alpha value is -1.41. The molecule has 0 heterocycles. The van der Waals surface area contributed by atoms with E-state index in [1.54, 1.807) is 18.2 Å². The second-order valence-corrected chi connectivity index (χ2v) is 7.30. The highest BCUT2D eigenvalue weighted by molar-refractivity contribution is 7.64. The predicted molar refractivity (Wildman–Crippen MR) is 89.7 cm³/mol. The van der Waals surface area contributed by atoms with Gasteiger partial charge in [-0.1, -0.05) is 37.3 Å². The summed E-state index contributed by atoms with van der Waals surface area (Å²) >= 11 is 0. The van der Waals surface area contributed by atoms with E-state index < -0.39 is 7.80 Å². The summed E-state index contributed by atoms with van der Waals surface area (Å²) in [4.78, 5) is 12.4. The molecule has 1 atom stereocenters. The molecule has 1 aromatic rings. The van der Waals surface area contributed by atoms with Crippen LogP contribution < -0.4 is 9.47 Å². The van der Waals surface area contributed by atoms with E-state index in [-0.39, 0.29) is 11.1 Å². The van der Waals surface area contributed by atoms with E-state index in [2.05, 4.69) is 13.8 Å². The molecule has 22 heavy (non-hydrogen) atoms. The van der Waals surface area contributed by atoms with Crippen LogP contribution in [0.15, 0.2) is 18.2 Å². The van der Waals surface area contributed by atoms with E-state index in [9.17, 15) is 9.36 Å². The fraction of sp³-hybridized carbons (Fsp3) is 0.588. The van der Waals surface area contributed by atoms with Crippen molar-refractivity contribution in [1.82, 2.24) is 0 Å². The van der Waals surface area contributed by atoms with Gasteiger partial charge in [-0.05, 0) is 30.9 Å². The summed E-state index contributed by atoms with van der Waals surface area (Å²) in [7, 11) is 1.04. The molecule has 1 rings (SSSR count). The van der Waals surface area contributed by atoms with E-state index in [1.165, 1.54) is 20.6 Å². The minimum Gasteiger partial charge on any atom is -0.496 e.